The molecule has 0 saturated carbocycles. The van der Waals surface area contributed by atoms with Crippen LogP contribution in [0.3, 0.4) is 0 Å². The minimum Gasteiger partial charge on any atom is -0.497 e. The van der Waals surface area contributed by atoms with E-state index in [1.165, 1.54) is 16.8 Å². The summed E-state index contributed by atoms with van der Waals surface area (Å²) in [5, 5.41) is 7.30. The van der Waals surface area contributed by atoms with Crippen LogP contribution in [0.1, 0.15) is 34.0 Å². The number of carbonyl (C=O) groups is 2. The molecule has 2 aromatic carbocycles. The molecule has 1 unspecified atom stereocenters. The Labute approximate surface area is 160 Å². The maximum absolute atomic E-state index is 13.3. The summed E-state index contributed by atoms with van der Waals surface area (Å²) in [5.41, 5.74) is 2.43. The van der Waals surface area contributed by atoms with Crippen molar-refractivity contribution in [3.05, 3.63) is 71.2 Å². The molecule has 1 aromatic heterocycles. The summed E-state index contributed by atoms with van der Waals surface area (Å²) in [6, 6.07) is 12.6. The van der Waals surface area contributed by atoms with Crippen LogP contribution in [0, 0.1) is 12.7 Å². The van der Waals surface area contributed by atoms with Crippen molar-refractivity contribution in [3.8, 4) is 11.4 Å². The summed E-state index contributed by atoms with van der Waals surface area (Å²) in [6.45, 7) is 1.80. The van der Waals surface area contributed by atoms with Crippen LogP contribution in [0.15, 0.2) is 48.5 Å². The number of ether oxygens (including phenoxy) is 1. The zero-order valence-electron chi connectivity index (χ0n) is 15.4. The molecular weight excluding hydrogens is 361 g/mol. The van der Waals surface area contributed by atoms with Gasteiger partial charge in [-0.25, -0.2) is 9.07 Å². The summed E-state index contributed by atoms with van der Waals surface area (Å²) in [6.07, 6.45) is 0.0494. The number of anilines is 1. The fourth-order valence-electron chi connectivity index (χ4n) is 3.50. The summed E-state index contributed by atoms with van der Waals surface area (Å²) in [5.74, 6) is -0.307. The smallest absolute Gasteiger partial charge is 0.226 e. The number of amides is 1. The summed E-state index contributed by atoms with van der Waals surface area (Å²) < 4.78 is 19.9. The molecular formula is C21H18FN3O3. The second-order valence-electron chi connectivity index (χ2n) is 6.63. The molecule has 1 aliphatic heterocycles. The zero-order chi connectivity index (χ0) is 19.8. The Balaban J connectivity index is 1.77. The minimum atomic E-state index is -0.633. The van der Waals surface area contributed by atoms with E-state index >= 15 is 0 Å². The maximum atomic E-state index is 13.3. The second kappa shape index (κ2) is 6.92. The SMILES string of the molecule is COc1ccc(C(=O)C2CC(=O)Nc3c2c(C)nn3-c2ccc(F)cc2)cc1. The molecule has 0 fully saturated rings. The lowest BCUT2D eigenvalue weighted by Gasteiger charge is -2.23. The van der Waals surface area contributed by atoms with Crippen LogP contribution in [-0.4, -0.2) is 28.6 Å². The number of aryl methyl sites for hydroxylation is 1. The van der Waals surface area contributed by atoms with Gasteiger partial charge in [0.2, 0.25) is 5.91 Å². The van der Waals surface area contributed by atoms with E-state index in [-0.39, 0.29) is 23.9 Å². The molecule has 1 aliphatic rings. The summed E-state index contributed by atoms with van der Waals surface area (Å²) in [4.78, 5) is 25.5. The van der Waals surface area contributed by atoms with Crippen LogP contribution >= 0.6 is 0 Å². The van der Waals surface area contributed by atoms with E-state index in [0.717, 1.165) is 0 Å². The molecule has 0 radical (unpaired) electrons. The Morgan fingerprint density at radius 1 is 1.18 bits per heavy atom. The Kier molecular flexibility index (Phi) is 4.43. The monoisotopic (exact) mass is 379 g/mol. The summed E-state index contributed by atoms with van der Waals surface area (Å²) in [7, 11) is 1.56. The first-order valence-corrected chi connectivity index (χ1v) is 8.81. The zero-order valence-corrected chi connectivity index (χ0v) is 15.4. The quantitative estimate of drug-likeness (QED) is 0.703. The molecule has 7 heteroatoms. The molecule has 0 spiro atoms. The van der Waals surface area contributed by atoms with Crippen LogP contribution in [0.5, 0.6) is 5.75 Å². The van der Waals surface area contributed by atoms with Crippen molar-refractivity contribution in [1.82, 2.24) is 9.78 Å². The van der Waals surface area contributed by atoms with E-state index in [1.54, 1.807) is 50.4 Å². The van der Waals surface area contributed by atoms with E-state index in [9.17, 15) is 14.0 Å². The van der Waals surface area contributed by atoms with Gasteiger partial charge >= 0.3 is 0 Å². The molecule has 142 valence electrons. The third-order valence-corrected chi connectivity index (χ3v) is 4.86. The second-order valence-corrected chi connectivity index (χ2v) is 6.63. The van der Waals surface area contributed by atoms with Crippen LogP contribution in [0.4, 0.5) is 10.2 Å². The van der Waals surface area contributed by atoms with Gasteiger partial charge in [0.15, 0.2) is 5.78 Å². The third kappa shape index (κ3) is 3.05. The van der Waals surface area contributed by atoms with E-state index < -0.39 is 5.92 Å². The van der Waals surface area contributed by atoms with Gasteiger partial charge in [0, 0.05) is 17.5 Å². The molecule has 4 rings (SSSR count). The van der Waals surface area contributed by atoms with Gasteiger partial charge in [-0.3, -0.25) is 9.59 Å². The number of ketones is 1. The Hall–Kier alpha value is -3.48. The molecule has 0 saturated heterocycles. The number of nitrogens with zero attached hydrogens (tertiary/aromatic N) is 2. The fourth-order valence-corrected chi connectivity index (χ4v) is 3.50. The van der Waals surface area contributed by atoms with Gasteiger partial charge < -0.3 is 10.1 Å². The van der Waals surface area contributed by atoms with E-state index in [1.807, 2.05) is 0 Å². The lowest BCUT2D eigenvalue weighted by molar-refractivity contribution is -0.116. The molecule has 1 N–H and O–H groups in total. The predicted octanol–water partition coefficient (Wildman–Crippen LogP) is 3.64. The first-order valence-electron chi connectivity index (χ1n) is 8.81. The highest BCUT2D eigenvalue weighted by Crippen LogP contribution is 2.38. The molecule has 1 atom stereocenters. The van der Waals surface area contributed by atoms with Gasteiger partial charge in [0.1, 0.15) is 17.4 Å². The first-order chi connectivity index (χ1) is 13.5. The molecule has 0 aliphatic carbocycles. The largest absolute Gasteiger partial charge is 0.497 e. The first kappa shape index (κ1) is 17.9. The van der Waals surface area contributed by atoms with Gasteiger partial charge in [0.05, 0.1) is 24.4 Å². The number of hydrogen-bond acceptors (Lipinski definition) is 4. The molecule has 1 amide bonds. The van der Waals surface area contributed by atoms with Gasteiger partial charge in [-0.15, -0.1) is 0 Å². The van der Waals surface area contributed by atoms with Crippen molar-refractivity contribution in [1.29, 1.82) is 0 Å². The number of aromatic nitrogens is 2. The van der Waals surface area contributed by atoms with E-state index in [4.69, 9.17) is 4.74 Å². The normalized spacial score (nSPS) is 15.7. The van der Waals surface area contributed by atoms with Crippen molar-refractivity contribution >= 4 is 17.5 Å². The highest BCUT2D eigenvalue weighted by atomic mass is 19.1. The van der Waals surface area contributed by atoms with Gasteiger partial charge in [-0.1, -0.05) is 0 Å². The minimum absolute atomic E-state index is 0.0494. The molecule has 6 nitrogen and oxygen atoms in total. The number of nitrogens with one attached hydrogen (secondary N) is 1. The predicted molar refractivity (Wildman–Crippen MR) is 102 cm³/mol. The molecule has 28 heavy (non-hydrogen) atoms. The van der Waals surface area contributed by atoms with Gasteiger partial charge in [-0.05, 0) is 55.5 Å². The standard InChI is InChI=1S/C21H18FN3O3/c1-12-19-17(20(27)13-3-9-16(28-2)10-4-13)11-18(26)23-21(19)25(24-12)15-7-5-14(22)6-8-15/h3-10,17H,11H2,1-2H3,(H,23,26). The van der Waals surface area contributed by atoms with Crippen LogP contribution in [0.25, 0.3) is 5.69 Å². The van der Waals surface area contributed by atoms with Crippen LogP contribution in [0.2, 0.25) is 0 Å². The van der Waals surface area contributed by atoms with Crippen molar-refractivity contribution in [3.63, 3.8) is 0 Å². The number of benzene rings is 2. The molecule has 3 aromatic rings. The topological polar surface area (TPSA) is 73.2 Å². The van der Waals surface area contributed by atoms with Crippen molar-refractivity contribution in [2.45, 2.75) is 19.3 Å². The van der Waals surface area contributed by atoms with Crippen LogP contribution < -0.4 is 10.1 Å². The fraction of sp³-hybridized carbons (Fsp3) is 0.190. The summed E-state index contributed by atoms with van der Waals surface area (Å²) >= 11 is 0. The third-order valence-electron chi connectivity index (χ3n) is 4.86. The van der Waals surface area contributed by atoms with Crippen molar-refractivity contribution < 1.29 is 18.7 Å². The van der Waals surface area contributed by atoms with E-state index in [2.05, 4.69) is 10.4 Å². The Morgan fingerprint density at radius 2 is 1.86 bits per heavy atom. The number of hydrogen-bond donors (Lipinski definition) is 1. The molecule has 2 heterocycles. The number of rotatable bonds is 4. The Morgan fingerprint density at radius 3 is 2.50 bits per heavy atom. The molecule has 0 bridgehead atoms. The number of halogens is 1. The number of Topliss-reactive ketones (excluding diaryl/α,β-unsaturated/α-hetero) is 1. The maximum Gasteiger partial charge on any atom is 0.226 e. The Bertz CT molecular complexity index is 1060. The highest BCUT2D eigenvalue weighted by Gasteiger charge is 2.36. The average molecular weight is 379 g/mol. The van der Waals surface area contributed by atoms with Gasteiger partial charge in [-0.2, -0.15) is 5.10 Å². The van der Waals surface area contributed by atoms with Gasteiger partial charge in [0.25, 0.3) is 0 Å². The number of carbonyl (C=O) groups excluding carboxylic acids is 2. The number of fused-ring (bicyclic) bond motifs is 1. The van der Waals surface area contributed by atoms with Crippen molar-refractivity contribution in [2.24, 2.45) is 0 Å². The number of methoxy groups -OCH3 is 1. The highest BCUT2D eigenvalue weighted by molar-refractivity contribution is 6.08. The lowest BCUT2D eigenvalue weighted by Crippen LogP contribution is -2.28. The lowest BCUT2D eigenvalue weighted by atomic mass is 9.85. The van der Waals surface area contributed by atoms with E-state index in [0.29, 0.717) is 34.1 Å². The van der Waals surface area contributed by atoms with Crippen molar-refractivity contribution in [2.75, 3.05) is 12.4 Å². The average Bonchev–Trinajstić information content (AvgIpc) is 3.03. The van der Waals surface area contributed by atoms with Crippen LogP contribution in [-0.2, 0) is 4.79 Å².